The van der Waals surface area contributed by atoms with Crippen LogP contribution in [0.1, 0.15) is 10.5 Å². The summed E-state index contributed by atoms with van der Waals surface area (Å²) in [6.07, 6.45) is 1.45. The first-order valence-electron chi connectivity index (χ1n) is 5.81. The number of hydrogen-bond acceptors (Lipinski definition) is 5. The molecular weight excluding hydrogens is 220 g/mol. The summed E-state index contributed by atoms with van der Waals surface area (Å²) in [5, 5.41) is 13.2. The van der Waals surface area contributed by atoms with Gasteiger partial charge in [-0.15, -0.1) is 0 Å². The van der Waals surface area contributed by atoms with E-state index in [1.807, 2.05) is 0 Å². The van der Waals surface area contributed by atoms with Gasteiger partial charge in [-0.2, -0.15) is 15.4 Å². The Hall–Kier alpha value is -1.47. The number of likely N-dealkylation sites (N-methyl/N-ethyl adjacent to an activating group) is 1. The standard InChI is InChI=1S/C10H18N6O/c1-15(10(17)9-8-12-14-13-9)6-7-16-4-2-11-3-5-16/h8,11H,2-7H2,1H3,(H,12,13,14). The van der Waals surface area contributed by atoms with Crippen molar-refractivity contribution >= 4 is 5.91 Å². The van der Waals surface area contributed by atoms with Crippen LogP contribution in [-0.4, -0.2) is 77.4 Å². The fourth-order valence-corrected chi connectivity index (χ4v) is 1.83. The summed E-state index contributed by atoms with van der Waals surface area (Å²) in [6, 6.07) is 0. The van der Waals surface area contributed by atoms with Gasteiger partial charge in [0.25, 0.3) is 5.91 Å². The molecule has 0 unspecified atom stereocenters. The molecule has 0 saturated carbocycles. The van der Waals surface area contributed by atoms with Gasteiger partial charge in [-0.1, -0.05) is 0 Å². The first-order chi connectivity index (χ1) is 8.27. The highest BCUT2D eigenvalue weighted by molar-refractivity contribution is 5.91. The van der Waals surface area contributed by atoms with Crippen molar-refractivity contribution in [1.29, 1.82) is 0 Å². The van der Waals surface area contributed by atoms with E-state index >= 15 is 0 Å². The second-order valence-electron chi connectivity index (χ2n) is 4.17. The third kappa shape index (κ3) is 3.24. The molecule has 2 rings (SSSR count). The molecule has 2 N–H and O–H groups in total. The molecule has 1 aliphatic rings. The number of nitrogens with one attached hydrogen (secondary N) is 2. The second kappa shape index (κ2) is 5.74. The number of carbonyl (C=O) groups is 1. The van der Waals surface area contributed by atoms with Gasteiger partial charge in [-0.3, -0.25) is 9.69 Å². The van der Waals surface area contributed by atoms with Gasteiger partial charge >= 0.3 is 0 Å². The Bertz CT molecular complexity index is 346. The number of H-pyrrole nitrogens is 1. The Kier molecular flexibility index (Phi) is 4.05. The Morgan fingerprint density at radius 3 is 2.94 bits per heavy atom. The van der Waals surface area contributed by atoms with Crippen molar-refractivity contribution in [1.82, 2.24) is 30.5 Å². The lowest BCUT2D eigenvalue weighted by Crippen LogP contribution is -2.46. The average Bonchev–Trinajstić information content (AvgIpc) is 2.90. The molecule has 0 radical (unpaired) electrons. The highest BCUT2D eigenvalue weighted by Crippen LogP contribution is 1.98. The first kappa shape index (κ1) is 12.0. The van der Waals surface area contributed by atoms with Crippen LogP contribution in [0.25, 0.3) is 0 Å². The monoisotopic (exact) mass is 238 g/mol. The maximum Gasteiger partial charge on any atom is 0.275 e. The lowest BCUT2D eigenvalue weighted by molar-refractivity contribution is 0.0769. The minimum atomic E-state index is -0.0890. The smallest absolute Gasteiger partial charge is 0.275 e. The van der Waals surface area contributed by atoms with Crippen LogP contribution in [0.5, 0.6) is 0 Å². The number of hydrogen-bond donors (Lipinski definition) is 2. The van der Waals surface area contributed by atoms with E-state index in [0.29, 0.717) is 12.2 Å². The zero-order chi connectivity index (χ0) is 12.1. The normalized spacial score (nSPS) is 17.0. The van der Waals surface area contributed by atoms with Crippen LogP contribution < -0.4 is 5.32 Å². The molecule has 0 bridgehead atoms. The maximum absolute atomic E-state index is 11.9. The maximum atomic E-state index is 11.9. The van der Waals surface area contributed by atoms with Gasteiger partial charge in [-0.25, -0.2) is 0 Å². The molecule has 7 nitrogen and oxygen atoms in total. The fourth-order valence-electron chi connectivity index (χ4n) is 1.83. The van der Waals surface area contributed by atoms with E-state index in [-0.39, 0.29) is 5.91 Å². The second-order valence-corrected chi connectivity index (χ2v) is 4.17. The van der Waals surface area contributed by atoms with Gasteiger partial charge in [0.2, 0.25) is 0 Å². The van der Waals surface area contributed by atoms with Crippen LogP contribution in [0.3, 0.4) is 0 Å². The quantitative estimate of drug-likeness (QED) is 0.687. The summed E-state index contributed by atoms with van der Waals surface area (Å²) in [5.41, 5.74) is 0.368. The molecule has 1 saturated heterocycles. The Labute approximate surface area is 100 Å². The third-order valence-electron chi connectivity index (χ3n) is 2.94. The number of aromatic amines is 1. The van der Waals surface area contributed by atoms with Crippen LogP contribution in [-0.2, 0) is 0 Å². The predicted octanol–water partition coefficient (Wildman–Crippen LogP) is -1.22. The number of piperazine rings is 1. The molecule has 0 spiro atoms. The van der Waals surface area contributed by atoms with E-state index in [2.05, 4.69) is 25.6 Å². The molecular formula is C10H18N6O. The SMILES string of the molecule is CN(CCN1CCNCC1)C(=O)c1cn[nH]n1. The molecule has 1 aromatic rings. The Balaban J connectivity index is 1.76. The molecule has 1 amide bonds. The molecule has 2 heterocycles. The van der Waals surface area contributed by atoms with Crippen LogP contribution >= 0.6 is 0 Å². The fraction of sp³-hybridized carbons (Fsp3) is 0.700. The van der Waals surface area contributed by atoms with Crippen molar-refractivity contribution in [3.63, 3.8) is 0 Å². The number of rotatable bonds is 4. The molecule has 0 aromatic carbocycles. The van der Waals surface area contributed by atoms with Crippen LogP contribution in [0, 0.1) is 0 Å². The Morgan fingerprint density at radius 2 is 2.29 bits per heavy atom. The molecule has 94 valence electrons. The van der Waals surface area contributed by atoms with E-state index in [1.165, 1.54) is 6.20 Å². The summed E-state index contributed by atoms with van der Waals surface area (Å²) in [7, 11) is 1.79. The number of amides is 1. The van der Waals surface area contributed by atoms with Gasteiger partial charge < -0.3 is 10.2 Å². The summed E-state index contributed by atoms with van der Waals surface area (Å²) in [6.45, 7) is 5.77. The molecule has 1 aromatic heterocycles. The summed E-state index contributed by atoms with van der Waals surface area (Å²) in [5.74, 6) is -0.0890. The van der Waals surface area contributed by atoms with E-state index in [1.54, 1.807) is 11.9 Å². The molecule has 0 aliphatic carbocycles. The zero-order valence-electron chi connectivity index (χ0n) is 10.0. The molecule has 0 atom stereocenters. The summed E-state index contributed by atoms with van der Waals surface area (Å²) < 4.78 is 0. The first-order valence-corrected chi connectivity index (χ1v) is 5.81. The van der Waals surface area contributed by atoms with Crippen molar-refractivity contribution < 1.29 is 4.79 Å². The zero-order valence-corrected chi connectivity index (χ0v) is 10.0. The lowest BCUT2D eigenvalue weighted by Gasteiger charge is -2.28. The predicted molar refractivity (Wildman–Crippen MR) is 62.7 cm³/mol. The number of aromatic nitrogens is 3. The van der Waals surface area contributed by atoms with Gasteiger partial charge in [-0.05, 0) is 0 Å². The highest BCUT2D eigenvalue weighted by atomic mass is 16.2. The van der Waals surface area contributed by atoms with Crippen LogP contribution in [0.15, 0.2) is 6.20 Å². The molecule has 1 fully saturated rings. The minimum Gasteiger partial charge on any atom is -0.339 e. The highest BCUT2D eigenvalue weighted by Gasteiger charge is 2.16. The van der Waals surface area contributed by atoms with Crippen LogP contribution in [0.2, 0.25) is 0 Å². The lowest BCUT2D eigenvalue weighted by atomic mass is 10.3. The van der Waals surface area contributed by atoms with E-state index < -0.39 is 0 Å². The summed E-state index contributed by atoms with van der Waals surface area (Å²) in [4.78, 5) is 15.9. The van der Waals surface area contributed by atoms with Gasteiger partial charge in [0, 0.05) is 46.3 Å². The minimum absolute atomic E-state index is 0.0890. The Morgan fingerprint density at radius 1 is 1.53 bits per heavy atom. The summed E-state index contributed by atoms with van der Waals surface area (Å²) >= 11 is 0. The largest absolute Gasteiger partial charge is 0.339 e. The van der Waals surface area contributed by atoms with E-state index in [4.69, 9.17) is 0 Å². The number of carbonyl (C=O) groups excluding carboxylic acids is 1. The molecule has 1 aliphatic heterocycles. The topological polar surface area (TPSA) is 77.1 Å². The van der Waals surface area contributed by atoms with E-state index in [0.717, 1.165) is 32.7 Å². The van der Waals surface area contributed by atoms with Crippen molar-refractivity contribution in [3.8, 4) is 0 Å². The van der Waals surface area contributed by atoms with Gasteiger partial charge in [0.1, 0.15) is 0 Å². The van der Waals surface area contributed by atoms with Crippen molar-refractivity contribution in [3.05, 3.63) is 11.9 Å². The van der Waals surface area contributed by atoms with Crippen LogP contribution in [0.4, 0.5) is 0 Å². The average molecular weight is 238 g/mol. The molecule has 17 heavy (non-hydrogen) atoms. The van der Waals surface area contributed by atoms with E-state index in [9.17, 15) is 4.79 Å². The van der Waals surface area contributed by atoms with Crippen molar-refractivity contribution in [2.24, 2.45) is 0 Å². The van der Waals surface area contributed by atoms with Crippen molar-refractivity contribution in [2.45, 2.75) is 0 Å². The number of nitrogens with zero attached hydrogens (tertiary/aromatic N) is 4. The van der Waals surface area contributed by atoms with Crippen molar-refractivity contribution in [2.75, 3.05) is 46.3 Å². The molecule has 7 heteroatoms. The van der Waals surface area contributed by atoms with Gasteiger partial charge in [0.15, 0.2) is 5.69 Å². The van der Waals surface area contributed by atoms with Gasteiger partial charge in [0.05, 0.1) is 6.20 Å². The third-order valence-corrected chi connectivity index (χ3v) is 2.94.